The Labute approximate surface area is 127 Å². The SMILES string of the molecule is Cc1ccnc(SCCOc2ccc(CC(=O)O)cc2)n1. The van der Waals surface area contributed by atoms with E-state index in [9.17, 15) is 4.79 Å². The fraction of sp³-hybridized carbons (Fsp3) is 0.267. The van der Waals surface area contributed by atoms with Gasteiger partial charge in [-0.05, 0) is 30.7 Å². The van der Waals surface area contributed by atoms with Crippen LogP contribution >= 0.6 is 11.8 Å². The highest BCUT2D eigenvalue weighted by Gasteiger charge is 2.01. The number of hydrogen-bond donors (Lipinski definition) is 1. The maximum Gasteiger partial charge on any atom is 0.307 e. The van der Waals surface area contributed by atoms with E-state index in [2.05, 4.69) is 9.97 Å². The smallest absolute Gasteiger partial charge is 0.307 e. The molecule has 0 aliphatic rings. The summed E-state index contributed by atoms with van der Waals surface area (Å²) in [6.07, 6.45) is 1.77. The molecule has 1 heterocycles. The van der Waals surface area contributed by atoms with Crippen LogP contribution in [-0.4, -0.2) is 33.4 Å². The van der Waals surface area contributed by atoms with Crippen molar-refractivity contribution in [2.75, 3.05) is 12.4 Å². The van der Waals surface area contributed by atoms with Crippen LogP contribution in [0, 0.1) is 6.92 Å². The van der Waals surface area contributed by atoms with Gasteiger partial charge in [-0.2, -0.15) is 0 Å². The van der Waals surface area contributed by atoms with E-state index in [4.69, 9.17) is 9.84 Å². The Morgan fingerprint density at radius 2 is 2.05 bits per heavy atom. The van der Waals surface area contributed by atoms with Crippen LogP contribution in [0.1, 0.15) is 11.3 Å². The average Bonchev–Trinajstić information content (AvgIpc) is 2.45. The van der Waals surface area contributed by atoms with Gasteiger partial charge in [0.1, 0.15) is 5.75 Å². The Kier molecular flexibility index (Phi) is 5.57. The third-order valence-electron chi connectivity index (χ3n) is 2.63. The molecule has 0 spiro atoms. The number of carboxylic acid groups (broad SMARTS) is 1. The minimum atomic E-state index is -0.835. The number of aliphatic carboxylic acids is 1. The van der Waals surface area contributed by atoms with Gasteiger partial charge in [0, 0.05) is 17.6 Å². The molecule has 6 heteroatoms. The van der Waals surface area contributed by atoms with Crippen LogP contribution in [0.3, 0.4) is 0 Å². The molecule has 0 saturated carbocycles. The number of aryl methyl sites for hydroxylation is 1. The molecule has 0 atom stereocenters. The molecule has 1 N–H and O–H groups in total. The van der Waals surface area contributed by atoms with Crippen molar-refractivity contribution in [3.8, 4) is 5.75 Å². The molecule has 0 amide bonds. The summed E-state index contributed by atoms with van der Waals surface area (Å²) in [6, 6.07) is 8.96. The van der Waals surface area contributed by atoms with Crippen molar-refractivity contribution in [2.45, 2.75) is 18.5 Å². The summed E-state index contributed by atoms with van der Waals surface area (Å²) in [5.41, 5.74) is 1.71. The fourth-order valence-electron chi connectivity index (χ4n) is 1.67. The maximum absolute atomic E-state index is 10.6. The summed E-state index contributed by atoms with van der Waals surface area (Å²) in [5, 5.41) is 9.44. The van der Waals surface area contributed by atoms with E-state index in [-0.39, 0.29) is 6.42 Å². The Morgan fingerprint density at radius 3 is 2.71 bits per heavy atom. The number of carbonyl (C=O) groups is 1. The van der Waals surface area contributed by atoms with Gasteiger partial charge in [-0.25, -0.2) is 9.97 Å². The first kappa shape index (κ1) is 15.3. The zero-order valence-electron chi connectivity index (χ0n) is 11.7. The topological polar surface area (TPSA) is 72.3 Å². The first-order valence-corrected chi connectivity index (χ1v) is 7.48. The van der Waals surface area contributed by atoms with E-state index >= 15 is 0 Å². The van der Waals surface area contributed by atoms with Crippen LogP contribution in [-0.2, 0) is 11.2 Å². The van der Waals surface area contributed by atoms with Crippen LogP contribution in [0.25, 0.3) is 0 Å². The van der Waals surface area contributed by atoms with Crippen LogP contribution in [0.5, 0.6) is 5.75 Å². The van der Waals surface area contributed by atoms with Gasteiger partial charge in [0.2, 0.25) is 0 Å². The van der Waals surface area contributed by atoms with E-state index in [1.54, 1.807) is 42.2 Å². The molecule has 1 aromatic carbocycles. The zero-order chi connectivity index (χ0) is 15.1. The summed E-state index contributed by atoms with van der Waals surface area (Å²) < 4.78 is 5.59. The van der Waals surface area contributed by atoms with E-state index in [0.717, 1.165) is 27.9 Å². The summed E-state index contributed by atoms with van der Waals surface area (Å²) in [7, 11) is 0. The zero-order valence-corrected chi connectivity index (χ0v) is 12.5. The van der Waals surface area contributed by atoms with Gasteiger partial charge >= 0.3 is 5.97 Å². The van der Waals surface area contributed by atoms with Crippen LogP contribution in [0.4, 0.5) is 0 Å². The van der Waals surface area contributed by atoms with Crippen molar-refractivity contribution >= 4 is 17.7 Å². The van der Waals surface area contributed by atoms with Gasteiger partial charge in [0.05, 0.1) is 13.0 Å². The molecule has 110 valence electrons. The summed E-state index contributed by atoms with van der Waals surface area (Å²) in [4.78, 5) is 19.0. The van der Waals surface area contributed by atoms with Crippen molar-refractivity contribution in [2.24, 2.45) is 0 Å². The number of hydrogen-bond acceptors (Lipinski definition) is 5. The number of benzene rings is 1. The number of carboxylic acids is 1. The van der Waals surface area contributed by atoms with Gasteiger partial charge in [0.15, 0.2) is 5.16 Å². The molecule has 2 aromatic rings. The second-order valence-electron chi connectivity index (χ2n) is 4.39. The second kappa shape index (κ2) is 7.64. The van der Waals surface area contributed by atoms with Crippen LogP contribution in [0.2, 0.25) is 0 Å². The number of nitrogens with zero attached hydrogens (tertiary/aromatic N) is 2. The van der Waals surface area contributed by atoms with E-state index in [1.165, 1.54) is 0 Å². The van der Waals surface area contributed by atoms with E-state index in [0.29, 0.717) is 6.61 Å². The Morgan fingerprint density at radius 1 is 1.29 bits per heavy atom. The fourth-order valence-corrected chi connectivity index (χ4v) is 2.36. The molecular weight excluding hydrogens is 288 g/mol. The van der Waals surface area contributed by atoms with Crippen LogP contribution < -0.4 is 4.74 Å². The van der Waals surface area contributed by atoms with Gasteiger partial charge in [-0.1, -0.05) is 23.9 Å². The summed E-state index contributed by atoms with van der Waals surface area (Å²) in [5.74, 6) is 0.647. The minimum absolute atomic E-state index is 0.0286. The lowest BCUT2D eigenvalue weighted by Crippen LogP contribution is -2.02. The molecule has 0 radical (unpaired) electrons. The molecule has 21 heavy (non-hydrogen) atoms. The lowest BCUT2D eigenvalue weighted by atomic mass is 10.1. The highest BCUT2D eigenvalue weighted by Crippen LogP contribution is 2.15. The Hall–Kier alpha value is -2.08. The molecule has 0 unspecified atom stereocenters. The lowest BCUT2D eigenvalue weighted by molar-refractivity contribution is -0.136. The predicted molar refractivity (Wildman–Crippen MR) is 80.8 cm³/mol. The number of ether oxygens (including phenoxy) is 1. The third kappa shape index (κ3) is 5.43. The number of rotatable bonds is 7. The molecule has 0 aliphatic heterocycles. The Balaban J connectivity index is 1.74. The molecule has 0 saturated heterocycles. The highest BCUT2D eigenvalue weighted by molar-refractivity contribution is 7.99. The standard InChI is InChI=1S/C15H16N2O3S/c1-11-6-7-16-15(17-11)21-9-8-20-13-4-2-12(3-5-13)10-14(18)19/h2-7H,8-10H2,1H3,(H,18,19). The molecule has 2 rings (SSSR count). The van der Waals surface area contributed by atoms with Gasteiger partial charge in [0.25, 0.3) is 0 Å². The largest absolute Gasteiger partial charge is 0.493 e. The molecule has 5 nitrogen and oxygen atoms in total. The van der Waals surface area contributed by atoms with E-state index < -0.39 is 5.97 Å². The Bertz CT molecular complexity index is 602. The van der Waals surface area contributed by atoms with Crippen molar-refractivity contribution < 1.29 is 14.6 Å². The second-order valence-corrected chi connectivity index (χ2v) is 5.45. The molecular formula is C15H16N2O3S. The first-order chi connectivity index (χ1) is 10.1. The normalized spacial score (nSPS) is 10.3. The average molecular weight is 304 g/mol. The van der Waals surface area contributed by atoms with Crippen LogP contribution in [0.15, 0.2) is 41.7 Å². The predicted octanol–water partition coefficient (Wildman–Crippen LogP) is 2.58. The molecule has 0 bridgehead atoms. The molecule has 1 aromatic heterocycles. The van der Waals surface area contributed by atoms with Crippen molar-refractivity contribution in [1.82, 2.24) is 9.97 Å². The number of aromatic nitrogens is 2. The molecule has 0 aliphatic carbocycles. The van der Waals surface area contributed by atoms with Crippen molar-refractivity contribution in [3.05, 3.63) is 47.8 Å². The first-order valence-electron chi connectivity index (χ1n) is 6.49. The quantitative estimate of drug-likeness (QED) is 0.481. The number of thioether (sulfide) groups is 1. The van der Waals surface area contributed by atoms with Gasteiger partial charge < -0.3 is 9.84 Å². The molecule has 0 fully saturated rings. The lowest BCUT2D eigenvalue weighted by Gasteiger charge is -2.06. The van der Waals surface area contributed by atoms with Gasteiger partial charge in [-0.3, -0.25) is 4.79 Å². The highest BCUT2D eigenvalue weighted by atomic mass is 32.2. The van der Waals surface area contributed by atoms with E-state index in [1.807, 2.05) is 13.0 Å². The maximum atomic E-state index is 10.6. The summed E-state index contributed by atoms with van der Waals surface area (Å²) in [6.45, 7) is 2.47. The monoisotopic (exact) mass is 304 g/mol. The summed E-state index contributed by atoms with van der Waals surface area (Å²) >= 11 is 1.54. The minimum Gasteiger partial charge on any atom is -0.493 e. The third-order valence-corrected chi connectivity index (χ3v) is 3.46. The van der Waals surface area contributed by atoms with Crippen molar-refractivity contribution in [3.63, 3.8) is 0 Å². The van der Waals surface area contributed by atoms with Crippen molar-refractivity contribution in [1.29, 1.82) is 0 Å². The van der Waals surface area contributed by atoms with Gasteiger partial charge in [-0.15, -0.1) is 0 Å².